The third-order valence-corrected chi connectivity index (χ3v) is 3.20. The van der Waals surface area contributed by atoms with E-state index < -0.39 is 0 Å². The quantitative estimate of drug-likeness (QED) is 0.668. The van der Waals surface area contributed by atoms with Crippen LogP contribution in [0.3, 0.4) is 0 Å². The third kappa shape index (κ3) is 1.22. The average molecular weight is 186 g/mol. The maximum Gasteiger partial charge on any atom is 0.0859 e. The molecule has 72 valence electrons. The standard InChI is InChI=1S/C12H14N2/c1-2-6-13-11(3-1)12-9-10-4-7-14(12)8-5-10/h1-3,6,9-10H,4-5,7-8H2. The Labute approximate surface area is 84.3 Å². The van der Waals surface area contributed by atoms with E-state index in [1.807, 2.05) is 12.3 Å². The van der Waals surface area contributed by atoms with Crippen LogP contribution in [0.15, 0.2) is 30.5 Å². The van der Waals surface area contributed by atoms with Gasteiger partial charge in [0.15, 0.2) is 0 Å². The Hall–Kier alpha value is -1.31. The highest BCUT2D eigenvalue weighted by atomic mass is 15.2. The molecule has 0 atom stereocenters. The molecular weight excluding hydrogens is 172 g/mol. The third-order valence-electron chi connectivity index (χ3n) is 3.20. The van der Waals surface area contributed by atoms with Crippen LogP contribution in [0.5, 0.6) is 0 Å². The first-order valence-corrected chi connectivity index (χ1v) is 5.32. The van der Waals surface area contributed by atoms with E-state index in [1.165, 1.54) is 31.6 Å². The number of piperidine rings is 1. The number of aromatic nitrogens is 1. The van der Waals surface area contributed by atoms with Gasteiger partial charge >= 0.3 is 0 Å². The van der Waals surface area contributed by atoms with Gasteiger partial charge in [0.1, 0.15) is 0 Å². The zero-order valence-corrected chi connectivity index (χ0v) is 8.19. The van der Waals surface area contributed by atoms with E-state index in [0.717, 1.165) is 11.6 Å². The molecule has 0 aliphatic carbocycles. The van der Waals surface area contributed by atoms with E-state index in [-0.39, 0.29) is 0 Å². The lowest BCUT2D eigenvalue weighted by atomic mass is 9.89. The first kappa shape index (κ1) is 8.04. The van der Waals surface area contributed by atoms with Crippen LogP contribution < -0.4 is 0 Å². The fraction of sp³-hybridized carbons (Fsp3) is 0.417. The molecular formula is C12H14N2. The summed E-state index contributed by atoms with van der Waals surface area (Å²) < 4.78 is 0. The summed E-state index contributed by atoms with van der Waals surface area (Å²) in [6.07, 6.45) is 6.93. The molecule has 2 heteroatoms. The molecule has 1 aromatic rings. The fourth-order valence-electron chi connectivity index (χ4n) is 2.40. The highest BCUT2D eigenvalue weighted by molar-refractivity contribution is 5.62. The number of hydrogen-bond acceptors (Lipinski definition) is 2. The second-order valence-corrected chi connectivity index (χ2v) is 4.09. The predicted molar refractivity (Wildman–Crippen MR) is 56.5 cm³/mol. The van der Waals surface area contributed by atoms with Gasteiger partial charge in [0.2, 0.25) is 0 Å². The van der Waals surface area contributed by atoms with E-state index in [9.17, 15) is 0 Å². The Morgan fingerprint density at radius 3 is 2.64 bits per heavy atom. The molecule has 0 unspecified atom stereocenters. The molecule has 1 aromatic heterocycles. The van der Waals surface area contributed by atoms with E-state index in [0.29, 0.717) is 0 Å². The first-order valence-electron chi connectivity index (χ1n) is 5.32. The van der Waals surface area contributed by atoms with Gasteiger partial charge in [-0.2, -0.15) is 0 Å². The summed E-state index contributed by atoms with van der Waals surface area (Å²) in [4.78, 5) is 6.87. The molecule has 3 aliphatic rings. The number of allylic oxidation sites excluding steroid dienone is 1. The highest BCUT2D eigenvalue weighted by Gasteiger charge is 2.26. The minimum Gasteiger partial charge on any atom is -0.370 e. The molecule has 0 spiro atoms. The van der Waals surface area contributed by atoms with Gasteiger partial charge in [-0.1, -0.05) is 12.1 Å². The van der Waals surface area contributed by atoms with Crippen LogP contribution >= 0.6 is 0 Å². The summed E-state index contributed by atoms with van der Waals surface area (Å²) in [6.45, 7) is 2.43. The predicted octanol–water partition coefficient (Wildman–Crippen LogP) is 2.15. The lowest BCUT2D eigenvalue weighted by molar-refractivity contribution is 0.259. The van der Waals surface area contributed by atoms with Crippen molar-refractivity contribution in [1.82, 2.24) is 9.88 Å². The van der Waals surface area contributed by atoms with Crippen molar-refractivity contribution >= 4 is 5.70 Å². The van der Waals surface area contributed by atoms with Gasteiger partial charge in [-0.25, -0.2) is 0 Å². The van der Waals surface area contributed by atoms with Crippen LogP contribution in [0, 0.1) is 5.92 Å². The largest absolute Gasteiger partial charge is 0.370 e. The van der Waals surface area contributed by atoms with Gasteiger partial charge in [-0.05, 0) is 30.9 Å². The molecule has 0 N–H and O–H groups in total. The fourth-order valence-corrected chi connectivity index (χ4v) is 2.40. The van der Waals surface area contributed by atoms with Crippen molar-refractivity contribution in [3.8, 4) is 0 Å². The molecule has 0 radical (unpaired) electrons. The number of nitrogens with zero attached hydrogens (tertiary/aromatic N) is 2. The van der Waals surface area contributed by atoms with Gasteiger partial charge in [0.25, 0.3) is 0 Å². The van der Waals surface area contributed by atoms with Gasteiger partial charge in [-0.3, -0.25) is 4.98 Å². The van der Waals surface area contributed by atoms with Crippen LogP contribution in [-0.2, 0) is 0 Å². The van der Waals surface area contributed by atoms with Crippen LogP contribution in [0.4, 0.5) is 0 Å². The van der Waals surface area contributed by atoms with Crippen LogP contribution in [0.2, 0.25) is 0 Å². The maximum absolute atomic E-state index is 4.41. The van der Waals surface area contributed by atoms with E-state index in [1.54, 1.807) is 0 Å². The molecule has 0 amide bonds. The Bertz CT molecular complexity index is 348. The smallest absolute Gasteiger partial charge is 0.0859 e. The molecule has 4 rings (SSSR count). The molecule has 1 saturated heterocycles. The number of hydrogen-bond donors (Lipinski definition) is 0. The van der Waals surface area contributed by atoms with Crippen molar-refractivity contribution < 1.29 is 0 Å². The monoisotopic (exact) mass is 186 g/mol. The second-order valence-electron chi connectivity index (χ2n) is 4.09. The van der Waals surface area contributed by atoms with Gasteiger partial charge in [0, 0.05) is 19.3 Å². The summed E-state index contributed by atoms with van der Waals surface area (Å²) in [5, 5.41) is 0. The SMILES string of the molecule is C1=C(c2ccccn2)N2CCC1CC2. The van der Waals surface area contributed by atoms with Crippen molar-refractivity contribution in [3.63, 3.8) is 0 Å². The lowest BCUT2D eigenvalue weighted by Crippen LogP contribution is -2.36. The summed E-state index contributed by atoms with van der Waals surface area (Å²) in [6, 6.07) is 6.14. The molecule has 14 heavy (non-hydrogen) atoms. The Balaban J connectivity index is 2.00. The summed E-state index contributed by atoms with van der Waals surface area (Å²) >= 11 is 0. The minimum absolute atomic E-state index is 0.803. The van der Waals surface area contributed by atoms with Crippen molar-refractivity contribution in [2.45, 2.75) is 12.8 Å². The zero-order chi connectivity index (χ0) is 9.38. The topological polar surface area (TPSA) is 16.1 Å². The van der Waals surface area contributed by atoms with Crippen molar-refractivity contribution in [2.75, 3.05) is 13.1 Å². The normalized spacial score (nSPS) is 21.1. The minimum atomic E-state index is 0.803. The second kappa shape index (κ2) is 3.12. The number of fused-ring (bicyclic) bond motifs is 2. The summed E-state index contributed by atoms with van der Waals surface area (Å²) in [7, 11) is 0. The molecule has 0 saturated carbocycles. The summed E-state index contributed by atoms with van der Waals surface area (Å²) in [5.41, 5.74) is 2.49. The van der Waals surface area contributed by atoms with E-state index >= 15 is 0 Å². The number of pyridine rings is 1. The first-order chi connectivity index (χ1) is 6.93. The van der Waals surface area contributed by atoms with E-state index in [2.05, 4.69) is 28.1 Å². The Morgan fingerprint density at radius 2 is 2.07 bits per heavy atom. The van der Waals surface area contributed by atoms with Crippen LogP contribution in [0.25, 0.3) is 5.70 Å². The van der Waals surface area contributed by atoms with Crippen LogP contribution in [-0.4, -0.2) is 23.0 Å². The molecule has 2 nitrogen and oxygen atoms in total. The molecule has 4 heterocycles. The van der Waals surface area contributed by atoms with Crippen molar-refractivity contribution in [3.05, 3.63) is 36.2 Å². The molecule has 1 fully saturated rings. The van der Waals surface area contributed by atoms with Gasteiger partial charge < -0.3 is 4.90 Å². The molecule has 3 aliphatic heterocycles. The Kier molecular flexibility index (Phi) is 1.79. The summed E-state index contributed by atoms with van der Waals surface area (Å²) in [5.74, 6) is 0.803. The average Bonchev–Trinajstić information content (AvgIpc) is 2.32. The van der Waals surface area contributed by atoms with Crippen molar-refractivity contribution in [1.29, 1.82) is 0 Å². The zero-order valence-electron chi connectivity index (χ0n) is 8.19. The molecule has 2 bridgehead atoms. The maximum atomic E-state index is 4.41. The number of rotatable bonds is 1. The molecule has 0 aromatic carbocycles. The lowest BCUT2D eigenvalue weighted by Gasteiger charge is -2.39. The van der Waals surface area contributed by atoms with Gasteiger partial charge in [0.05, 0.1) is 11.4 Å². The van der Waals surface area contributed by atoms with Crippen LogP contribution in [0.1, 0.15) is 18.5 Å². The Morgan fingerprint density at radius 1 is 1.21 bits per heavy atom. The van der Waals surface area contributed by atoms with Crippen molar-refractivity contribution in [2.24, 2.45) is 5.92 Å². The van der Waals surface area contributed by atoms with E-state index in [4.69, 9.17) is 0 Å². The highest BCUT2D eigenvalue weighted by Crippen LogP contribution is 2.33. The van der Waals surface area contributed by atoms with Gasteiger partial charge in [-0.15, -0.1) is 0 Å².